The molecule has 0 aliphatic carbocycles. The minimum absolute atomic E-state index is 0.0564. The lowest BCUT2D eigenvalue weighted by Gasteiger charge is -2.31. The molecule has 4 rings (SSSR count). The predicted octanol–water partition coefficient (Wildman–Crippen LogP) is -2.64. The van der Waals surface area contributed by atoms with Crippen LogP contribution in [-0.2, 0) is 7.05 Å². The third-order valence-electron chi connectivity index (χ3n) is 7.15. The van der Waals surface area contributed by atoms with Gasteiger partial charge in [-0.15, -0.1) is 14.2 Å². The van der Waals surface area contributed by atoms with Crippen LogP contribution in [0.15, 0.2) is 92.0 Å². The first-order valence-corrected chi connectivity index (χ1v) is 14.5. The summed E-state index contributed by atoms with van der Waals surface area (Å²) in [5.41, 5.74) is -3.46. The Morgan fingerprint density at radius 2 is 0.880 bits per heavy atom. The maximum absolute atomic E-state index is 14.0. The molecule has 4 heterocycles. The molecule has 0 spiro atoms. The van der Waals surface area contributed by atoms with E-state index in [1.807, 2.05) is 0 Å². The van der Waals surface area contributed by atoms with Crippen LogP contribution < -0.4 is 47.4 Å². The number of carbonyl (C=O) groups is 4. The number of rotatable bonds is 13. The lowest BCUT2D eigenvalue weighted by Crippen LogP contribution is -2.53. The van der Waals surface area contributed by atoms with Crippen molar-refractivity contribution in [3.63, 3.8) is 0 Å². The minimum Gasteiger partial charge on any atom is -0.413 e. The van der Waals surface area contributed by atoms with Gasteiger partial charge in [0.25, 0.3) is 45.9 Å². The second-order valence-electron chi connectivity index (χ2n) is 10.1. The molecule has 0 aromatic carbocycles. The molecule has 0 saturated carbocycles. The number of nitrogens with one attached hydrogen (secondary N) is 2. The zero-order valence-electron chi connectivity index (χ0n) is 27.2. The smallest absolute Gasteiger partial charge is 0.283 e. The van der Waals surface area contributed by atoms with E-state index in [-0.39, 0.29) is 22.8 Å². The van der Waals surface area contributed by atoms with Crippen LogP contribution in [0.25, 0.3) is 0 Å². The fourth-order valence-electron chi connectivity index (χ4n) is 4.69. The van der Waals surface area contributed by atoms with Gasteiger partial charge in [0, 0.05) is 31.3 Å². The van der Waals surface area contributed by atoms with Crippen LogP contribution in [-0.4, -0.2) is 93.5 Å². The lowest BCUT2D eigenvalue weighted by molar-refractivity contribution is 0.0433. The average molecular weight is 693 g/mol. The van der Waals surface area contributed by atoms with Gasteiger partial charge in [-0.1, -0.05) is 24.3 Å². The first-order valence-electron chi connectivity index (χ1n) is 14.5. The summed E-state index contributed by atoms with van der Waals surface area (Å²) in [4.78, 5) is 121. The standard InChI is InChI=1S/C31H32N8O11/c1-34-20(9-5-13-24(34)40)28(44)32-17-35(30(46)22-11-7-15-26(42)38(22)49-3)19-36(31(47)23-12-8-16-27(43)39(23)50-4)18-33-29(45)21-10-6-14-25(41)37(21)48-2/h5-16H,17-19H2,1-4H3,(H,32,44)(H,33,45). The molecule has 0 bridgehead atoms. The number of pyridine rings is 4. The van der Waals surface area contributed by atoms with Gasteiger partial charge >= 0.3 is 0 Å². The van der Waals surface area contributed by atoms with E-state index >= 15 is 0 Å². The molecule has 0 aliphatic rings. The maximum Gasteiger partial charge on any atom is 0.283 e. The third-order valence-corrected chi connectivity index (χ3v) is 7.15. The van der Waals surface area contributed by atoms with Gasteiger partial charge in [-0.25, -0.2) is 0 Å². The summed E-state index contributed by atoms with van der Waals surface area (Å²) < 4.78 is 3.16. The number of amides is 4. The van der Waals surface area contributed by atoms with Crippen LogP contribution in [0.4, 0.5) is 0 Å². The fraction of sp³-hybridized carbons (Fsp3) is 0.226. The SMILES string of the molecule is COn1c(C(=O)NCN(CN(CNC(=O)c2cccc(=O)n2C)C(=O)c2cccc(=O)n2OC)C(=O)c2cccc(=O)n2OC)cccc1=O. The summed E-state index contributed by atoms with van der Waals surface area (Å²) in [7, 11) is 4.83. The van der Waals surface area contributed by atoms with Crippen molar-refractivity contribution in [2.24, 2.45) is 7.05 Å². The second kappa shape index (κ2) is 15.8. The van der Waals surface area contributed by atoms with Gasteiger partial charge in [0.05, 0.1) is 20.0 Å². The molecular weight excluding hydrogens is 660 g/mol. The normalized spacial score (nSPS) is 10.5. The average Bonchev–Trinajstić information content (AvgIpc) is 3.11. The van der Waals surface area contributed by atoms with Crippen LogP contribution in [0.2, 0.25) is 0 Å². The molecule has 0 saturated heterocycles. The quantitative estimate of drug-likeness (QED) is 0.138. The Labute approximate surface area is 281 Å². The Morgan fingerprint density at radius 1 is 0.540 bits per heavy atom. The molecule has 4 aromatic rings. The summed E-state index contributed by atoms with van der Waals surface area (Å²) in [5, 5.41) is 4.99. The van der Waals surface area contributed by atoms with E-state index < -0.39 is 65.9 Å². The van der Waals surface area contributed by atoms with Crippen molar-refractivity contribution in [3.8, 4) is 0 Å². The first kappa shape index (κ1) is 35.9. The van der Waals surface area contributed by atoms with E-state index in [0.717, 1.165) is 46.8 Å². The van der Waals surface area contributed by atoms with Crippen LogP contribution in [0.5, 0.6) is 0 Å². The second-order valence-corrected chi connectivity index (χ2v) is 10.1. The zero-order chi connectivity index (χ0) is 36.5. The number of aromatic nitrogens is 4. The molecule has 4 aromatic heterocycles. The molecule has 50 heavy (non-hydrogen) atoms. The highest BCUT2D eigenvalue weighted by Gasteiger charge is 2.28. The zero-order valence-corrected chi connectivity index (χ0v) is 27.2. The molecule has 0 aliphatic heterocycles. The van der Waals surface area contributed by atoms with Crippen molar-refractivity contribution in [1.29, 1.82) is 0 Å². The molecule has 2 N–H and O–H groups in total. The molecule has 0 radical (unpaired) electrons. The summed E-state index contributed by atoms with van der Waals surface area (Å²) in [6.45, 7) is -1.95. The topological polar surface area (TPSA) is 215 Å². The molecule has 19 nitrogen and oxygen atoms in total. The van der Waals surface area contributed by atoms with Gasteiger partial charge in [-0.05, 0) is 24.3 Å². The van der Waals surface area contributed by atoms with Gasteiger partial charge in [0.15, 0.2) is 0 Å². The highest BCUT2D eigenvalue weighted by Crippen LogP contribution is 2.09. The number of carbonyl (C=O) groups excluding carboxylic acids is 4. The summed E-state index contributed by atoms with van der Waals surface area (Å²) in [6.07, 6.45) is 0. The van der Waals surface area contributed by atoms with E-state index in [9.17, 15) is 38.4 Å². The van der Waals surface area contributed by atoms with Crippen LogP contribution in [0, 0.1) is 0 Å². The van der Waals surface area contributed by atoms with E-state index in [1.165, 1.54) is 68.8 Å². The van der Waals surface area contributed by atoms with Crippen molar-refractivity contribution < 1.29 is 33.7 Å². The van der Waals surface area contributed by atoms with Gasteiger partial charge in [0.1, 0.15) is 44.1 Å². The maximum atomic E-state index is 14.0. The molecule has 4 amide bonds. The fourth-order valence-corrected chi connectivity index (χ4v) is 4.69. The number of hydrogen-bond donors (Lipinski definition) is 2. The van der Waals surface area contributed by atoms with Crippen LogP contribution >= 0.6 is 0 Å². The molecular formula is C31H32N8O11. The highest BCUT2D eigenvalue weighted by molar-refractivity contribution is 5.96. The van der Waals surface area contributed by atoms with Gasteiger partial charge in [-0.3, -0.25) is 38.4 Å². The Balaban J connectivity index is 1.76. The van der Waals surface area contributed by atoms with Crippen molar-refractivity contribution in [3.05, 3.63) is 137 Å². The predicted molar refractivity (Wildman–Crippen MR) is 173 cm³/mol. The monoisotopic (exact) mass is 692 g/mol. The Morgan fingerprint density at radius 3 is 1.30 bits per heavy atom. The van der Waals surface area contributed by atoms with Crippen molar-refractivity contribution in [2.45, 2.75) is 0 Å². The molecule has 0 fully saturated rings. The van der Waals surface area contributed by atoms with E-state index in [1.54, 1.807) is 0 Å². The third kappa shape index (κ3) is 7.62. The van der Waals surface area contributed by atoms with E-state index in [0.29, 0.717) is 14.2 Å². The molecule has 262 valence electrons. The summed E-state index contributed by atoms with van der Waals surface area (Å²) >= 11 is 0. The highest BCUT2D eigenvalue weighted by atomic mass is 16.7. The van der Waals surface area contributed by atoms with E-state index in [2.05, 4.69) is 10.6 Å². The van der Waals surface area contributed by atoms with Crippen molar-refractivity contribution >= 4 is 23.6 Å². The van der Waals surface area contributed by atoms with Crippen molar-refractivity contribution in [1.82, 2.24) is 39.2 Å². The summed E-state index contributed by atoms with van der Waals surface area (Å²) in [6, 6.07) is 15.1. The first-order chi connectivity index (χ1) is 23.9. The number of hydrogen-bond acceptors (Lipinski definition) is 11. The van der Waals surface area contributed by atoms with Crippen LogP contribution in [0.1, 0.15) is 42.0 Å². The molecule has 0 unspecified atom stereocenters. The van der Waals surface area contributed by atoms with Crippen LogP contribution in [0.3, 0.4) is 0 Å². The number of nitrogens with zero attached hydrogens (tertiary/aromatic N) is 6. The Bertz CT molecular complexity index is 2170. The van der Waals surface area contributed by atoms with E-state index in [4.69, 9.17) is 14.5 Å². The minimum atomic E-state index is -0.936. The Kier molecular flexibility index (Phi) is 11.3. The van der Waals surface area contributed by atoms with Crippen molar-refractivity contribution in [2.75, 3.05) is 41.3 Å². The summed E-state index contributed by atoms with van der Waals surface area (Å²) in [5.74, 6) is -3.51. The molecule has 0 atom stereocenters. The van der Waals surface area contributed by atoms with Gasteiger partial charge < -0.3 is 39.5 Å². The molecule has 19 heteroatoms. The lowest BCUT2D eigenvalue weighted by atomic mass is 10.3. The largest absolute Gasteiger partial charge is 0.413 e. The van der Waals surface area contributed by atoms with Gasteiger partial charge in [-0.2, -0.15) is 0 Å². The Hall–Kier alpha value is -6.92. The van der Waals surface area contributed by atoms with Gasteiger partial charge in [0.2, 0.25) is 0 Å².